The molecule has 2 fully saturated rings. The van der Waals surface area contributed by atoms with Gasteiger partial charge in [0.15, 0.2) is 0 Å². The normalized spacial score (nSPS) is 45.2. The lowest BCUT2D eigenvalue weighted by Crippen LogP contribution is -2.40. The topological polar surface area (TPSA) is 20.3 Å². The molecule has 1 spiro atoms. The number of carbonyl (C=O) groups excluding carboxylic acids is 1. The van der Waals surface area contributed by atoms with Crippen LogP contribution in [0.1, 0.15) is 33.1 Å². The number of likely N-dealkylation sites (N-methyl/N-ethyl adjacent to an activating group) is 1. The van der Waals surface area contributed by atoms with Crippen molar-refractivity contribution in [2.45, 2.75) is 39.2 Å². The summed E-state index contributed by atoms with van der Waals surface area (Å²) in [6.45, 7) is 5.20. The minimum atomic E-state index is 0.211. The van der Waals surface area contributed by atoms with Crippen LogP contribution in [0.4, 0.5) is 0 Å². The molecule has 74 valence electrons. The number of hydrogen-bond donors (Lipinski definition) is 0. The van der Waals surface area contributed by atoms with Gasteiger partial charge in [-0.2, -0.15) is 0 Å². The van der Waals surface area contributed by atoms with Crippen molar-refractivity contribution in [1.29, 1.82) is 0 Å². The molecule has 2 aliphatic rings. The van der Waals surface area contributed by atoms with Crippen molar-refractivity contribution in [2.24, 2.45) is 11.3 Å². The van der Waals surface area contributed by atoms with E-state index in [1.807, 2.05) is 0 Å². The van der Waals surface area contributed by atoms with Crippen LogP contribution in [0.25, 0.3) is 0 Å². The lowest BCUT2D eigenvalue weighted by molar-refractivity contribution is -0.120. The van der Waals surface area contributed by atoms with E-state index in [1.54, 1.807) is 6.92 Å². The van der Waals surface area contributed by atoms with Gasteiger partial charge in [-0.3, -0.25) is 9.69 Å². The molecule has 1 heterocycles. The summed E-state index contributed by atoms with van der Waals surface area (Å²) in [5, 5.41) is 0. The average Bonchev–Trinajstić information content (AvgIpc) is 2.43. The standard InChI is InChI=1S/C11H19NO/c1-8-4-5-11(8)6-10(9(2)13)12(3)7-11/h8,10H,4-7H2,1-3H3. The van der Waals surface area contributed by atoms with Crippen molar-refractivity contribution >= 4 is 5.78 Å². The number of likely N-dealkylation sites (tertiary alicyclic amines) is 1. The van der Waals surface area contributed by atoms with Crippen molar-refractivity contribution in [1.82, 2.24) is 4.90 Å². The van der Waals surface area contributed by atoms with Gasteiger partial charge in [0.05, 0.1) is 6.04 Å². The monoisotopic (exact) mass is 181 g/mol. The average molecular weight is 181 g/mol. The predicted molar refractivity (Wildman–Crippen MR) is 52.5 cm³/mol. The molecule has 0 aromatic carbocycles. The molecule has 3 unspecified atom stereocenters. The maximum atomic E-state index is 11.3. The molecule has 1 saturated heterocycles. The second kappa shape index (κ2) is 2.81. The van der Waals surface area contributed by atoms with Crippen LogP contribution in [-0.2, 0) is 4.79 Å². The van der Waals surface area contributed by atoms with Crippen molar-refractivity contribution in [3.05, 3.63) is 0 Å². The Labute approximate surface area is 80.3 Å². The Balaban J connectivity index is 2.10. The van der Waals surface area contributed by atoms with Crippen molar-refractivity contribution in [3.63, 3.8) is 0 Å². The zero-order valence-electron chi connectivity index (χ0n) is 8.84. The molecule has 0 amide bonds. The van der Waals surface area contributed by atoms with Crippen LogP contribution in [0.2, 0.25) is 0 Å². The third-order valence-corrected chi connectivity index (χ3v) is 4.29. The van der Waals surface area contributed by atoms with Gasteiger partial charge in [-0.05, 0) is 44.6 Å². The van der Waals surface area contributed by atoms with Crippen LogP contribution in [0, 0.1) is 11.3 Å². The minimum Gasteiger partial charge on any atom is -0.298 e. The molecule has 1 saturated carbocycles. The van der Waals surface area contributed by atoms with E-state index in [2.05, 4.69) is 18.9 Å². The molecule has 0 radical (unpaired) electrons. The van der Waals surface area contributed by atoms with E-state index in [9.17, 15) is 4.79 Å². The summed E-state index contributed by atoms with van der Waals surface area (Å²) in [5.74, 6) is 1.18. The minimum absolute atomic E-state index is 0.211. The zero-order chi connectivity index (χ0) is 9.64. The number of hydrogen-bond acceptors (Lipinski definition) is 2. The SMILES string of the molecule is CC(=O)C1CC2(CCC2C)CN1C. The Morgan fingerprint density at radius 1 is 1.54 bits per heavy atom. The second-order valence-electron chi connectivity index (χ2n) is 5.05. The van der Waals surface area contributed by atoms with Gasteiger partial charge >= 0.3 is 0 Å². The molecule has 2 heteroatoms. The number of nitrogens with zero attached hydrogens (tertiary/aromatic N) is 1. The molecule has 2 nitrogen and oxygen atoms in total. The molecule has 0 aromatic heterocycles. The fraction of sp³-hybridized carbons (Fsp3) is 0.909. The number of ketones is 1. The smallest absolute Gasteiger partial charge is 0.146 e. The third-order valence-electron chi connectivity index (χ3n) is 4.29. The number of rotatable bonds is 1. The molecule has 0 bridgehead atoms. The lowest BCUT2D eigenvalue weighted by Gasteiger charge is -2.45. The van der Waals surface area contributed by atoms with Gasteiger partial charge in [0.1, 0.15) is 5.78 Å². The Morgan fingerprint density at radius 2 is 2.23 bits per heavy atom. The highest BCUT2D eigenvalue weighted by atomic mass is 16.1. The molecule has 1 aliphatic heterocycles. The maximum Gasteiger partial charge on any atom is 0.146 e. The first-order valence-corrected chi connectivity index (χ1v) is 5.26. The molecular weight excluding hydrogens is 162 g/mol. The van der Waals surface area contributed by atoms with E-state index in [-0.39, 0.29) is 6.04 Å². The summed E-state index contributed by atoms with van der Waals surface area (Å²) in [7, 11) is 2.09. The van der Waals surface area contributed by atoms with Gasteiger partial charge in [-0.15, -0.1) is 0 Å². The number of carbonyl (C=O) groups is 1. The highest BCUT2D eigenvalue weighted by Crippen LogP contribution is 2.54. The predicted octanol–water partition coefficient (Wildman–Crippen LogP) is 1.70. The highest BCUT2D eigenvalue weighted by molar-refractivity contribution is 5.81. The first-order chi connectivity index (χ1) is 6.05. The summed E-state index contributed by atoms with van der Waals surface area (Å²) >= 11 is 0. The fourth-order valence-corrected chi connectivity index (χ4v) is 3.05. The van der Waals surface area contributed by atoms with Gasteiger partial charge in [0.2, 0.25) is 0 Å². The summed E-state index contributed by atoms with van der Waals surface area (Å²) in [6, 6.07) is 0.211. The summed E-state index contributed by atoms with van der Waals surface area (Å²) in [5.41, 5.74) is 0.505. The van der Waals surface area contributed by atoms with Crippen molar-refractivity contribution in [3.8, 4) is 0 Å². The quantitative estimate of drug-likeness (QED) is 0.613. The first-order valence-electron chi connectivity index (χ1n) is 5.26. The fourth-order valence-electron chi connectivity index (χ4n) is 3.05. The second-order valence-corrected chi connectivity index (χ2v) is 5.05. The molecule has 13 heavy (non-hydrogen) atoms. The maximum absolute atomic E-state index is 11.3. The van der Waals surface area contributed by atoms with Crippen LogP contribution in [0.15, 0.2) is 0 Å². The summed E-state index contributed by atoms with van der Waals surface area (Å²) < 4.78 is 0. The van der Waals surface area contributed by atoms with E-state index in [1.165, 1.54) is 12.8 Å². The Hall–Kier alpha value is -0.370. The largest absolute Gasteiger partial charge is 0.298 e. The van der Waals surface area contributed by atoms with Crippen LogP contribution in [0.5, 0.6) is 0 Å². The van der Waals surface area contributed by atoms with E-state index >= 15 is 0 Å². The van der Waals surface area contributed by atoms with Gasteiger partial charge in [-0.1, -0.05) is 6.92 Å². The molecule has 0 aromatic rings. The van der Waals surface area contributed by atoms with E-state index in [0.29, 0.717) is 11.2 Å². The van der Waals surface area contributed by atoms with Gasteiger partial charge < -0.3 is 0 Å². The van der Waals surface area contributed by atoms with Gasteiger partial charge in [-0.25, -0.2) is 0 Å². The van der Waals surface area contributed by atoms with Crippen LogP contribution in [0.3, 0.4) is 0 Å². The molecule has 1 aliphatic carbocycles. The van der Waals surface area contributed by atoms with E-state index < -0.39 is 0 Å². The van der Waals surface area contributed by atoms with E-state index in [0.717, 1.165) is 18.9 Å². The highest BCUT2D eigenvalue weighted by Gasteiger charge is 2.51. The van der Waals surface area contributed by atoms with E-state index in [4.69, 9.17) is 0 Å². The van der Waals surface area contributed by atoms with Crippen LogP contribution in [-0.4, -0.2) is 30.3 Å². The summed E-state index contributed by atoms with van der Waals surface area (Å²) in [4.78, 5) is 13.6. The zero-order valence-corrected chi connectivity index (χ0v) is 8.84. The Kier molecular flexibility index (Phi) is 1.99. The third kappa shape index (κ3) is 1.23. The summed E-state index contributed by atoms with van der Waals surface area (Å²) in [6.07, 6.45) is 3.81. The van der Waals surface area contributed by atoms with Gasteiger partial charge in [0.25, 0.3) is 0 Å². The van der Waals surface area contributed by atoms with Crippen LogP contribution >= 0.6 is 0 Å². The molecule has 3 atom stereocenters. The van der Waals surface area contributed by atoms with Crippen molar-refractivity contribution in [2.75, 3.05) is 13.6 Å². The Morgan fingerprint density at radius 3 is 2.46 bits per heavy atom. The molecule has 2 rings (SSSR count). The van der Waals surface area contributed by atoms with Gasteiger partial charge in [0, 0.05) is 6.54 Å². The molecular formula is C11H19NO. The first kappa shape index (κ1) is 9.20. The number of Topliss-reactive ketones (excluding diaryl/α,β-unsaturated/α-hetero) is 1. The Bertz CT molecular complexity index is 238. The molecule has 0 N–H and O–H groups in total. The lowest BCUT2D eigenvalue weighted by atomic mass is 9.60. The van der Waals surface area contributed by atoms with Crippen LogP contribution < -0.4 is 0 Å². The van der Waals surface area contributed by atoms with Crippen molar-refractivity contribution < 1.29 is 4.79 Å².